The highest BCUT2D eigenvalue weighted by Gasteiger charge is 2.24. The number of ether oxygens (including phenoxy) is 1. The summed E-state index contributed by atoms with van der Waals surface area (Å²) in [7, 11) is 0. The van der Waals surface area contributed by atoms with Gasteiger partial charge < -0.3 is 15.0 Å². The van der Waals surface area contributed by atoms with Crippen LogP contribution in [0.3, 0.4) is 0 Å². The molecule has 5 heteroatoms. The lowest BCUT2D eigenvalue weighted by molar-refractivity contribution is 0.0520. The highest BCUT2D eigenvalue weighted by atomic mass is 16.6. The minimum atomic E-state index is -0.471. The monoisotopic (exact) mass is 304 g/mol. The van der Waals surface area contributed by atoms with Gasteiger partial charge in [-0.1, -0.05) is 12.1 Å². The number of carbonyl (C=O) groups is 2. The van der Waals surface area contributed by atoms with Gasteiger partial charge in [0.1, 0.15) is 11.9 Å². The Kier molecular flexibility index (Phi) is 5.06. The number of hydrogen-bond acceptors (Lipinski definition) is 4. The lowest BCUT2D eigenvalue weighted by Gasteiger charge is -2.21. The first-order valence-electron chi connectivity index (χ1n) is 7.64. The van der Waals surface area contributed by atoms with E-state index in [9.17, 15) is 9.59 Å². The molecule has 1 saturated heterocycles. The molecule has 0 bridgehead atoms. The highest BCUT2D eigenvalue weighted by molar-refractivity contribution is 5.77. The molecule has 1 N–H and O–H groups in total. The summed E-state index contributed by atoms with van der Waals surface area (Å²) in [6.07, 6.45) is 1.51. The first-order valence-corrected chi connectivity index (χ1v) is 7.64. The SMILES string of the molecule is CC(C)(C)OC(=O)NC[C@@H]1CCN(c2cccc(C=O)c2)C1. The second kappa shape index (κ2) is 6.81. The summed E-state index contributed by atoms with van der Waals surface area (Å²) in [5.74, 6) is 0.396. The molecule has 0 aromatic heterocycles. The van der Waals surface area contributed by atoms with Crippen molar-refractivity contribution in [2.75, 3.05) is 24.5 Å². The molecule has 0 saturated carbocycles. The maximum Gasteiger partial charge on any atom is 0.407 e. The average molecular weight is 304 g/mol. The average Bonchev–Trinajstić information content (AvgIpc) is 2.92. The molecule has 1 aliphatic rings. The standard InChI is InChI=1S/C17H24N2O3/c1-17(2,3)22-16(21)18-10-14-7-8-19(11-14)15-6-4-5-13(9-15)12-20/h4-6,9,12,14H,7-8,10-11H2,1-3H3,(H,18,21)/t14-/m0/s1. The van der Waals surface area contributed by atoms with Gasteiger partial charge in [0.2, 0.25) is 0 Å². The molecule has 22 heavy (non-hydrogen) atoms. The molecular formula is C17H24N2O3. The number of hydrogen-bond donors (Lipinski definition) is 1. The van der Waals surface area contributed by atoms with E-state index in [2.05, 4.69) is 10.2 Å². The molecule has 2 rings (SSSR count). The van der Waals surface area contributed by atoms with Crippen molar-refractivity contribution in [1.29, 1.82) is 0 Å². The number of alkyl carbamates (subject to hydrolysis) is 1. The third-order valence-corrected chi connectivity index (χ3v) is 3.59. The number of carbonyl (C=O) groups excluding carboxylic acids is 2. The lowest BCUT2D eigenvalue weighted by atomic mass is 10.1. The van der Waals surface area contributed by atoms with Gasteiger partial charge in [-0.2, -0.15) is 0 Å². The fourth-order valence-electron chi connectivity index (χ4n) is 2.57. The van der Waals surface area contributed by atoms with Crippen molar-refractivity contribution < 1.29 is 14.3 Å². The van der Waals surface area contributed by atoms with Gasteiger partial charge >= 0.3 is 6.09 Å². The van der Waals surface area contributed by atoms with Crippen molar-refractivity contribution in [2.45, 2.75) is 32.8 Å². The van der Waals surface area contributed by atoms with Crippen molar-refractivity contribution in [3.8, 4) is 0 Å². The van der Waals surface area contributed by atoms with Crippen molar-refractivity contribution in [2.24, 2.45) is 5.92 Å². The molecule has 1 fully saturated rings. The van der Waals surface area contributed by atoms with Gasteiger partial charge in [-0.15, -0.1) is 0 Å². The van der Waals surface area contributed by atoms with Crippen LogP contribution in [0.1, 0.15) is 37.6 Å². The van der Waals surface area contributed by atoms with E-state index in [1.165, 1.54) is 0 Å². The minimum Gasteiger partial charge on any atom is -0.444 e. The zero-order valence-corrected chi connectivity index (χ0v) is 13.5. The van der Waals surface area contributed by atoms with Crippen molar-refractivity contribution in [1.82, 2.24) is 5.32 Å². The van der Waals surface area contributed by atoms with Gasteiger partial charge in [-0.3, -0.25) is 4.79 Å². The molecule has 0 unspecified atom stereocenters. The molecule has 0 radical (unpaired) electrons. The molecule has 5 nitrogen and oxygen atoms in total. The van der Waals surface area contributed by atoms with Gasteiger partial charge in [-0.25, -0.2) is 4.79 Å². The molecule has 120 valence electrons. The Bertz CT molecular complexity index is 537. The van der Waals surface area contributed by atoms with E-state index in [0.717, 1.165) is 31.5 Å². The molecule has 0 aliphatic carbocycles. The Balaban J connectivity index is 1.82. The van der Waals surface area contributed by atoms with E-state index < -0.39 is 5.60 Å². The number of amides is 1. The normalized spacial score (nSPS) is 18.1. The number of rotatable bonds is 4. The van der Waals surface area contributed by atoms with Gasteiger partial charge in [0.25, 0.3) is 0 Å². The van der Waals surface area contributed by atoms with Crippen LogP contribution in [0, 0.1) is 5.92 Å². The quantitative estimate of drug-likeness (QED) is 0.869. The number of nitrogens with zero attached hydrogens (tertiary/aromatic N) is 1. The fourth-order valence-corrected chi connectivity index (χ4v) is 2.57. The summed E-state index contributed by atoms with van der Waals surface area (Å²) in [6.45, 7) is 7.97. The van der Waals surface area contributed by atoms with Crippen LogP contribution in [0.4, 0.5) is 10.5 Å². The van der Waals surface area contributed by atoms with E-state index in [-0.39, 0.29) is 6.09 Å². The zero-order valence-electron chi connectivity index (χ0n) is 13.5. The highest BCUT2D eigenvalue weighted by Crippen LogP contribution is 2.24. The van der Waals surface area contributed by atoms with E-state index in [4.69, 9.17) is 4.74 Å². The van der Waals surface area contributed by atoms with Crippen molar-refractivity contribution in [3.63, 3.8) is 0 Å². The van der Waals surface area contributed by atoms with E-state index in [1.807, 2.05) is 39.0 Å². The molecule has 1 heterocycles. The first kappa shape index (κ1) is 16.3. The van der Waals surface area contributed by atoms with Crippen LogP contribution in [0.15, 0.2) is 24.3 Å². The predicted octanol–water partition coefficient (Wildman–Crippen LogP) is 2.85. The van der Waals surface area contributed by atoms with Gasteiger partial charge in [0.15, 0.2) is 0 Å². The van der Waals surface area contributed by atoms with Crippen LogP contribution in [0.2, 0.25) is 0 Å². The summed E-state index contributed by atoms with van der Waals surface area (Å²) in [6, 6.07) is 7.60. The van der Waals surface area contributed by atoms with Crippen molar-refractivity contribution >= 4 is 18.1 Å². The van der Waals surface area contributed by atoms with Crippen LogP contribution in [0.25, 0.3) is 0 Å². The lowest BCUT2D eigenvalue weighted by Crippen LogP contribution is -2.36. The topological polar surface area (TPSA) is 58.6 Å². The summed E-state index contributed by atoms with van der Waals surface area (Å²) < 4.78 is 5.24. The first-order chi connectivity index (χ1) is 10.4. The fraction of sp³-hybridized carbons (Fsp3) is 0.529. The molecule has 1 atom stereocenters. The molecular weight excluding hydrogens is 280 g/mol. The third kappa shape index (κ3) is 4.76. The summed E-state index contributed by atoms with van der Waals surface area (Å²) >= 11 is 0. The van der Waals surface area contributed by atoms with Gasteiger partial charge in [0.05, 0.1) is 0 Å². The maximum atomic E-state index is 11.7. The molecule has 1 amide bonds. The zero-order chi connectivity index (χ0) is 16.2. The number of benzene rings is 1. The van der Waals surface area contributed by atoms with Gasteiger partial charge in [0, 0.05) is 30.9 Å². The van der Waals surface area contributed by atoms with Crippen LogP contribution >= 0.6 is 0 Å². The van der Waals surface area contributed by atoms with Crippen molar-refractivity contribution in [3.05, 3.63) is 29.8 Å². The second-order valence-corrected chi connectivity index (χ2v) is 6.70. The number of anilines is 1. The summed E-state index contributed by atoms with van der Waals surface area (Å²) in [5.41, 5.74) is 1.28. The van der Waals surface area contributed by atoms with E-state index in [1.54, 1.807) is 6.07 Å². The number of nitrogens with one attached hydrogen (secondary N) is 1. The maximum absolute atomic E-state index is 11.7. The molecule has 1 aromatic carbocycles. The Morgan fingerprint density at radius 2 is 2.23 bits per heavy atom. The Hall–Kier alpha value is -2.04. The number of aldehydes is 1. The minimum absolute atomic E-state index is 0.367. The van der Waals surface area contributed by atoms with E-state index >= 15 is 0 Å². The summed E-state index contributed by atoms with van der Waals surface area (Å²) in [4.78, 5) is 24.8. The van der Waals surface area contributed by atoms with Crippen LogP contribution in [0.5, 0.6) is 0 Å². The van der Waals surface area contributed by atoms with E-state index in [0.29, 0.717) is 18.0 Å². The Labute approximate surface area is 131 Å². The smallest absolute Gasteiger partial charge is 0.407 e. The van der Waals surface area contributed by atoms with Gasteiger partial charge in [-0.05, 0) is 45.2 Å². The molecule has 1 aliphatic heterocycles. The van der Waals surface area contributed by atoms with Crippen LogP contribution < -0.4 is 10.2 Å². The summed E-state index contributed by atoms with van der Waals surface area (Å²) in [5, 5.41) is 2.83. The molecule has 1 aromatic rings. The Morgan fingerprint density at radius 1 is 1.45 bits per heavy atom. The third-order valence-electron chi connectivity index (χ3n) is 3.59. The van der Waals surface area contributed by atoms with Crippen LogP contribution in [-0.2, 0) is 4.74 Å². The van der Waals surface area contributed by atoms with Crippen LogP contribution in [-0.4, -0.2) is 37.6 Å². The predicted molar refractivity (Wildman–Crippen MR) is 86.4 cm³/mol. The second-order valence-electron chi connectivity index (χ2n) is 6.70. The molecule has 0 spiro atoms. The Morgan fingerprint density at radius 3 is 2.91 bits per heavy atom. The largest absolute Gasteiger partial charge is 0.444 e.